The number of benzene rings is 2. The summed E-state index contributed by atoms with van der Waals surface area (Å²) in [6.07, 6.45) is 0.958. The summed E-state index contributed by atoms with van der Waals surface area (Å²) >= 11 is 1.75. The summed E-state index contributed by atoms with van der Waals surface area (Å²) < 4.78 is 5.35. The van der Waals surface area contributed by atoms with E-state index in [0.717, 1.165) is 47.1 Å². The third-order valence-electron chi connectivity index (χ3n) is 5.62. The van der Waals surface area contributed by atoms with Crippen molar-refractivity contribution in [2.24, 2.45) is 0 Å². The van der Waals surface area contributed by atoms with Gasteiger partial charge in [-0.3, -0.25) is 4.90 Å². The molecule has 0 amide bonds. The zero-order valence-corrected chi connectivity index (χ0v) is 20.0. The Morgan fingerprint density at radius 1 is 0.969 bits per heavy atom. The van der Waals surface area contributed by atoms with Crippen LogP contribution in [-0.4, -0.2) is 35.6 Å². The first-order valence-electron chi connectivity index (χ1n) is 10.9. The van der Waals surface area contributed by atoms with Gasteiger partial charge in [0, 0.05) is 18.0 Å². The van der Waals surface area contributed by atoms with Gasteiger partial charge in [-0.25, -0.2) is 9.97 Å². The lowest BCUT2D eigenvalue weighted by Gasteiger charge is -2.17. The van der Waals surface area contributed by atoms with Crippen molar-refractivity contribution >= 4 is 27.4 Å². The lowest BCUT2D eigenvalue weighted by atomic mass is 10.1. The van der Waals surface area contributed by atoms with Gasteiger partial charge in [0.1, 0.15) is 22.2 Å². The summed E-state index contributed by atoms with van der Waals surface area (Å²) in [6.45, 7) is 6.64. The van der Waals surface area contributed by atoms with Crippen LogP contribution < -0.4 is 10.1 Å². The van der Waals surface area contributed by atoms with Crippen molar-refractivity contribution in [3.63, 3.8) is 0 Å². The highest BCUT2D eigenvalue weighted by Gasteiger charge is 2.15. The fourth-order valence-electron chi connectivity index (χ4n) is 3.84. The number of nitrogens with zero attached hydrogens (tertiary/aromatic N) is 3. The fourth-order valence-corrected chi connectivity index (χ4v) is 4.89. The van der Waals surface area contributed by atoms with E-state index in [2.05, 4.69) is 73.6 Å². The minimum Gasteiger partial charge on any atom is -0.497 e. The van der Waals surface area contributed by atoms with Gasteiger partial charge in [0.15, 0.2) is 0 Å². The van der Waals surface area contributed by atoms with E-state index in [9.17, 15) is 0 Å². The lowest BCUT2D eigenvalue weighted by Crippen LogP contribution is -2.19. The zero-order valence-electron chi connectivity index (χ0n) is 19.2. The molecule has 32 heavy (non-hydrogen) atoms. The molecule has 0 atom stereocenters. The van der Waals surface area contributed by atoms with Crippen molar-refractivity contribution in [1.29, 1.82) is 0 Å². The number of fused-ring (bicyclic) bond motifs is 1. The van der Waals surface area contributed by atoms with Crippen LogP contribution in [0.5, 0.6) is 5.75 Å². The van der Waals surface area contributed by atoms with Crippen LogP contribution in [0.4, 0.5) is 5.82 Å². The Morgan fingerprint density at radius 2 is 1.75 bits per heavy atom. The standard InChI is InChI=1S/C26H30N4OS/c1-18-19(2)32-26-24(18)25(27-14-13-20-9-6-5-7-10-20)28-23(29-26)17-30(3)16-21-11-8-12-22(15-21)31-4/h5-12,15H,13-14,16-17H2,1-4H3,(H,27,28,29). The van der Waals surface area contributed by atoms with Crippen LogP contribution in [0.15, 0.2) is 54.6 Å². The third-order valence-corrected chi connectivity index (χ3v) is 6.72. The summed E-state index contributed by atoms with van der Waals surface area (Å²) in [5.41, 5.74) is 3.79. The van der Waals surface area contributed by atoms with E-state index >= 15 is 0 Å². The number of anilines is 1. The molecule has 6 heteroatoms. The van der Waals surface area contributed by atoms with Crippen molar-refractivity contribution < 1.29 is 4.74 Å². The molecule has 0 radical (unpaired) electrons. The first-order valence-corrected chi connectivity index (χ1v) is 11.7. The quantitative estimate of drug-likeness (QED) is 0.362. The highest BCUT2D eigenvalue weighted by atomic mass is 32.1. The first-order chi connectivity index (χ1) is 15.5. The van der Waals surface area contributed by atoms with E-state index in [0.29, 0.717) is 6.54 Å². The molecule has 2 aromatic carbocycles. The van der Waals surface area contributed by atoms with Crippen molar-refractivity contribution in [3.05, 3.63) is 82.0 Å². The minimum absolute atomic E-state index is 0.677. The number of aromatic nitrogens is 2. The van der Waals surface area contributed by atoms with Gasteiger partial charge in [0.05, 0.1) is 19.0 Å². The number of ether oxygens (including phenoxy) is 1. The summed E-state index contributed by atoms with van der Waals surface area (Å²) in [6, 6.07) is 18.7. The van der Waals surface area contributed by atoms with E-state index in [1.54, 1.807) is 18.4 Å². The number of hydrogen-bond acceptors (Lipinski definition) is 6. The van der Waals surface area contributed by atoms with Gasteiger partial charge in [-0.15, -0.1) is 11.3 Å². The van der Waals surface area contributed by atoms with E-state index < -0.39 is 0 Å². The molecule has 5 nitrogen and oxygen atoms in total. The highest BCUT2D eigenvalue weighted by Crippen LogP contribution is 2.33. The van der Waals surface area contributed by atoms with Crippen LogP contribution in [0.2, 0.25) is 0 Å². The fraction of sp³-hybridized carbons (Fsp3) is 0.308. The number of hydrogen-bond donors (Lipinski definition) is 1. The maximum absolute atomic E-state index is 5.35. The number of rotatable bonds is 9. The van der Waals surface area contributed by atoms with Crippen molar-refractivity contribution in [2.45, 2.75) is 33.4 Å². The van der Waals surface area contributed by atoms with Crippen LogP contribution in [0.3, 0.4) is 0 Å². The van der Waals surface area contributed by atoms with Gasteiger partial charge in [-0.05, 0) is 56.1 Å². The van der Waals surface area contributed by atoms with Crippen LogP contribution in [0, 0.1) is 13.8 Å². The smallest absolute Gasteiger partial charge is 0.146 e. The highest BCUT2D eigenvalue weighted by molar-refractivity contribution is 7.18. The molecular formula is C26H30N4OS. The molecule has 1 N–H and O–H groups in total. The molecule has 4 rings (SSSR count). The lowest BCUT2D eigenvalue weighted by molar-refractivity contribution is 0.310. The minimum atomic E-state index is 0.677. The van der Waals surface area contributed by atoms with E-state index in [1.165, 1.54) is 21.6 Å². The molecule has 0 aliphatic carbocycles. The maximum atomic E-state index is 5.35. The van der Waals surface area contributed by atoms with Crippen molar-refractivity contribution in [3.8, 4) is 5.75 Å². The summed E-state index contributed by atoms with van der Waals surface area (Å²) in [7, 11) is 3.80. The van der Waals surface area contributed by atoms with Crippen LogP contribution in [0.25, 0.3) is 10.2 Å². The number of aryl methyl sites for hydroxylation is 2. The van der Waals surface area contributed by atoms with E-state index in [1.807, 2.05) is 12.1 Å². The predicted octanol–water partition coefficient (Wildman–Crippen LogP) is 5.60. The summed E-state index contributed by atoms with van der Waals surface area (Å²) in [5.74, 6) is 2.66. The molecule has 2 heterocycles. The normalized spacial score (nSPS) is 11.3. The maximum Gasteiger partial charge on any atom is 0.146 e. The number of methoxy groups -OCH3 is 1. The summed E-state index contributed by atoms with van der Waals surface area (Å²) in [4.78, 5) is 14.4. The molecule has 0 fully saturated rings. The average molecular weight is 447 g/mol. The van der Waals surface area contributed by atoms with Crippen molar-refractivity contribution in [1.82, 2.24) is 14.9 Å². The van der Waals surface area contributed by atoms with E-state index in [4.69, 9.17) is 14.7 Å². The largest absolute Gasteiger partial charge is 0.497 e. The Hall–Kier alpha value is -2.96. The first kappa shape index (κ1) is 22.2. The monoisotopic (exact) mass is 446 g/mol. The topological polar surface area (TPSA) is 50.3 Å². The second kappa shape index (κ2) is 10.1. The third kappa shape index (κ3) is 5.26. The molecule has 0 saturated carbocycles. The predicted molar refractivity (Wildman–Crippen MR) is 134 cm³/mol. The van der Waals surface area contributed by atoms with Crippen molar-refractivity contribution in [2.75, 3.05) is 26.0 Å². The zero-order chi connectivity index (χ0) is 22.5. The van der Waals surface area contributed by atoms with Gasteiger partial charge in [-0.2, -0.15) is 0 Å². The number of thiophene rings is 1. The molecular weight excluding hydrogens is 416 g/mol. The van der Waals surface area contributed by atoms with Gasteiger partial charge in [0.25, 0.3) is 0 Å². The number of nitrogens with one attached hydrogen (secondary N) is 1. The Bertz CT molecular complexity index is 1190. The molecule has 0 bridgehead atoms. The molecule has 0 aliphatic heterocycles. The van der Waals surface area contributed by atoms with E-state index in [-0.39, 0.29) is 0 Å². The van der Waals surface area contributed by atoms with Gasteiger partial charge >= 0.3 is 0 Å². The Kier molecular flexibility index (Phi) is 7.02. The SMILES string of the molecule is COc1cccc(CN(C)Cc2nc(NCCc3ccccc3)c3c(C)c(C)sc3n2)c1. The molecule has 0 unspecified atom stereocenters. The average Bonchev–Trinajstić information content (AvgIpc) is 3.08. The Labute approximate surface area is 194 Å². The van der Waals surface area contributed by atoms with Gasteiger partial charge < -0.3 is 10.1 Å². The van der Waals surface area contributed by atoms with Crippen LogP contribution in [-0.2, 0) is 19.5 Å². The Morgan fingerprint density at radius 3 is 2.53 bits per heavy atom. The molecule has 0 aliphatic rings. The molecule has 0 spiro atoms. The molecule has 2 aromatic heterocycles. The van der Waals surface area contributed by atoms with Gasteiger partial charge in [-0.1, -0.05) is 42.5 Å². The second-order valence-corrected chi connectivity index (χ2v) is 9.34. The molecule has 0 saturated heterocycles. The summed E-state index contributed by atoms with van der Waals surface area (Å²) in [5, 5.41) is 4.74. The van der Waals surface area contributed by atoms with Crippen LogP contribution in [0.1, 0.15) is 27.4 Å². The Balaban J connectivity index is 1.52. The second-order valence-electron chi connectivity index (χ2n) is 8.14. The van der Waals surface area contributed by atoms with Gasteiger partial charge in [0.2, 0.25) is 0 Å². The molecule has 4 aromatic rings. The molecule has 166 valence electrons. The van der Waals surface area contributed by atoms with Crippen LogP contribution >= 0.6 is 11.3 Å².